The minimum atomic E-state index is -0.712. The van der Waals surface area contributed by atoms with Crippen LogP contribution in [0.5, 0.6) is 0 Å². The second-order valence-corrected chi connectivity index (χ2v) is 5.02. The third-order valence-corrected chi connectivity index (χ3v) is 3.20. The lowest BCUT2D eigenvalue weighted by Crippen LogP contribution is -2.00. The number of benzene rings is 1. The minimum Gasteiger partial charge on any atom is -0.388 e. The Morgan fingerprint density at radius 2 is 2.12 bits per heavy atom. The van der Waals surface area contributed by atoms with Crippen LogP contribution >= 0.6 is 15.9 Å². The van der Waals surface area contributed by atoms with Crippen molar-refractivity contribution >= 4 is 15.9 Å². The summed E-state index contributed by atoms with van der Waals surface area (Å²) >= 11 is 3.28. The number of hydrogen-bond acceptors (Lipinski definition) is 1. The highest BCUT2D eigenvalue weighted by atomic mass is 79.9. The molecule has 0 saturated heterocycles. The van der Waals surface area contributed by atoms with E-state index in [0.29, 0.717) is 12.0 Å². The Morgan fingerprint density at radius 1 is 1.35 bits per heavy atom. The maximum atomic E-state index is 13.5. The van der Waals surface area contributed by atoms with Crippen LogP contribution in [0.25, 0.3) is 0 Å². The predicted molar refractivity (Wildman–Crippen MR) is 72.3 cm³/mol. The number of rotatable bonds is 7. The molecular weight excluding hydrogens is 283 g/mol. The standard InChI is InChI=1S/C14H18BrFO/c1-2-3-4-5-6-7-14(17)12-10-11(15)8-9-13(12)16/h2,8-10,14,17H,1,3-7H2. The summed E-state index contributed by atoms with van der Waals surface area (Å²) in [5.74, 6) is -0.341. The predicted octanol–water partition coefficient (Wildman–Crippen LogP) is 4.76. The molecule has 1 rings (SSSR count). The highest BCUT2D eigenvalue weighted by molar-refractivity contribution is 9.10. The first-order chi connectivity index (χ1) is 8.15. The molecule has 0 fully saturated rings. The first kappa shape index (κ1) is 14.4. The highest BCUT2D eigenvalue weighted by Gasteiger charge is 2.12. The molecule has 0 aliphatic heterocycles. The van der Waals surface area contributed by atoms with E-state index in [9.17, 15) is 9.50 Å². The molecule has 94 valence electrons. The number of unbranched alkanes of at least 4 members (excludes halogenated alkanes) is 3. The molecule has 0 radical (unpaired) electrons. The molecule has 1 atom stereocenters. The summed E-state index contributed by atoms with van der Waals surface area (Å²) in [4.78, 5) is 0. The molecule has 0 aromatic heterocycles. The molecule has 1 aromatic carbocycles. The third kappa shape index (κ3) is 5.00. The molecule has 1 unspecified atom stereocenters. The molecule has 0 saturated carbocycles. The van der Waals surface area contributed by atoms with Gasteiger partial charge >= 0.3 is 0 Å². The summed E-state index contributed by atoms with van der Waals surface area (Å²) in [5, 5.41) is 9.90. The first-order valence-corrected chi connectivity index (χ1v) is 6.68. The fourth-order valence-corrected chi connectivity index (χ4v) is 2.11. The monoisotopic (exact) mass is 300 g/mol. The second kappa shape index (κ2) is 7.62. The van der Waals surface area contributed by atoms with Gasteiger partial charge in [-0.1, -0.05) is 34.8 Å². The lowest BCUT2D eigenvalue weighted by atomic mass is 10.0. The normalized spacial score (nSPS) is 12.4. The van der Waals surface area contributed by atoms with Crippen molar-refractivity contribution in [3.05, 3.63) is 46.7 Å². The van der Waals surface area contributed by atoms with Gasteiger partial charge in [0.05, 0.1) is 6.10 Å². The zero-order valence-electron chi connectivity index (χ0n) is 9.83. The molecule has 1 nitrogen and oxygen atoms in total. The Morgan fingerprint density at radius 3 is 2.82 bits per heavy atom. The summed E-state index contributed by atoms with van der Waals surface area (Å²) in [6.45, 7) is 3.66. The van der Waals surface area contributed by atoms with Crippen LogP contribution < -0.4 is 0 Å². The largest absolute Gasteiger partial charge is 0.388 e. The Labute approximate surface area is 110 Å². The van der Waals surface area contributed by atoms with Gasteiger partial charge in [0.25, 0.3) is 0 Å². The number of aliphatic hydroxyl groups is 1. The van der Waals surface area contributed by atoms with E-state index in [4.69, 9.17) is 0 Å². The van der Waals surface area contributed by atoms with Gasteiger partial charge in [0.1, 0.15) is 5.82 Å². The maximum absolute atomic E-state index is 13.5. The summed E-state index contributed by atoms with van der Waals surface area (Å²) in [6.07, 6.45) is 5.81. The summed E-state index contributed by atoms with van der Waals surface area (Å²) < 4.78 is 14.2. The van der Waals surface area contributed by atoms with Gasteiger partial charge in [-0.05, 0) is 37.5 Å². The van der Waals surface area contributed by atoms with Gasteiger partial charge in [-0.25, -0.2) is 4.39 Å². The van der Waals surface area contributed by atoms with E-state index < -0.39 is 6.10 Å². The van der Waals surface area contributed by atoms with E-state index in [2.05, 4.69) is 22.5 Å². The average molecular weight is 301 g/mol. The number of hydrogen-bond donors (Lipinski definition) is 1. The van der Waals surface area contributed by atoms with Crippen molar-refractivity contribution < 1.29 is 9.50 Å². The van der Waals surface area contributed by atoms with Gasteiger partial charge in [0.15, 0.2) is 0 Å². The second-order valence-electron chi connectivity index (χ2n) is 4.11. The van der Waals surface area contributed by atoms with Crippen LogP contribution in [0, 0.1) is 5.82 Å². The van der Waals surface area contributed by atoms with E-state index in [1.807, 2.05) is 6.08 Å². The SMILES string of the molecule is C=CCCCCCC(O)c1cc(Br)ccc1F. The molecule has 0 aliphatic rings. The molecule has 17 heavy (non-hydrogen) atoms. The minimum absolute atomic E-state index is 0.341. The number of aliphatic hydroxyl groups excluding tert-OH is 1. The molecule has 1 aromatic rings. The fourth-order valence-electron chi connectivity index (χ4n) is 1.73. The summed E-state index contributed by atoms with van der Waals surface area (Å²) in [5.41, 5.74) is 0.378. The molecule has 3 heteroatoms. The topological polar surface area (TPSA) is 20.2 Å². The molecule has 1 N–H and O–H groups in total. The lowest BCUT2D eigenvalue weighted by Gasteiger charge is -2.12. The van der Waals surface area contributed by atoms with E-state index >= 15 is 0 Å². The van der Waals surface area contributed by atoms with Gasteiger partial charge in [0.2, 0.25) is 0 Å². The van der Waals surface area contributed by atoms with Gasteiger partial charge in [0, 0.05) is 10.0 Å². The Balaban J connectivity index is 2.43. The van der Waals surface area contributed by atoms with Crippen molar-refractivity contribution in [2.75, 3.05) is 0 Å². The summed E-state index contributed by atoms with van der Waals surface area (Å²) in [6, 6.07) is 4.65. The summed E-state index contributed by atoms with van der Waals surface area (Å²) in [7, 11) is 0. The molecule has 0 aliphatic carbocycles. The zero-order chi connectivity index (χ0) is 12.7. The van der Waals surface area contributed by atoms with E-state index in [1.54, 1.807) is 12.1 Å². The zero-order valence-corrected chi connectivity index (χ0v) is 11.4. The van der Waals surface area contributed by atoms with Crippen molar-refractivity contribution in [3.63, 3.8) is 0 Å². The van der Waals surface area contributed by atoms with Crippen LogP contribution in [0.4, 0.5) is 4.39 Å². The Bertz CT molecular complexity index is 365. The van der Waals surface area contributed by atoms with Crippen molar-refractivity contribution in [1.82, 2.24) is 0 Å². The van der Waals surface area contributed by atoms with Crippen molar-refractivity contribution in [2.24, 2.45) is 0 Å². The highest BCUT2D eigenvalue weighted by Crippen LogP contribution is 2.25. The molecule has 0 amide bonds. The Hall–Kier alpha value is -0.670. The molecular formula is C14H18BrFO. The van der Waals surface area contributed by atoms with Crippen molar-refractivity contribution in [2.45, 2.75) is 38.2 Å². The Kier molecular flexibility index (Phi) is 6.45. The van der Waals surface area contributed by atoms with Gasteiger partial charge < -0.3 is 5.11 Å². The number of halogens is 2. The van der Waals surface area contributed by atoms with Crippen LogP contribution in [0.3, 0.4) is 0 Å². The van der Waals surface area contributed by atoms with Crippen LogP contribution in [0.15, 0.2) is 35.3 Å². The van der Waals surface area contributed by atoms with Crippen LogP contribution in [-0.2, 0) is 0 Å². The fraction of sp³-hybridized carbons (Fsp3) is 0.429. The average Bonchev–Trinajstić information content (AvgIpc) is 2.32. The van der Waals surface area contributed by atoms with E-state index in [0.717, 1.165) is 30.2 Å². The lowest BCUT2D eigenvalue weighted by molar-refractivity contribution is 0.159. The van der Waals surface area contributed by atoms with Crippen molar-refractivity contribution in [3.8, 4) is 0 Å². The molecule has 0 bridgehead atoms. The quantitative estimate of drug-likeness (QED) is 0.569. The smallest absolute Gasteiger partial charge is 0.129 e. The maximum Gasteiger partial charge on any atom is 0.129 e. The van der Waals surface area contributed by atoms with Crippen LogP contribution in [0.2, 0.25) is 0 Å². The van der Waals surface area contributed by atoms with Crippen molar-refractivity contribution in [1.29, 1.82) is 0 Å². The van der Waals surface area contributed by atoms with E-state index in [1.165, 1.54) is 6.07 Å². The van der Waals surface area contributed by atoms with Crippen LogP contribution in [-0.4, -0.2) is 5.11 Å². The molecule has 0 heterocycles. The molecule has 0 spiro atoms. The van der Waals surface area contributed by atoms with Gasteiger partial charge in [-0.2, -0.15) is 0 Å². The number of allylic oxidation sites excluding steroid dienone is 1. The van der Waals surface area contributed by atoms with Crippen LogP contribution in [0.1, 0.15) is 43.8 Å². The van der Waals surface area contributed by atoms with Gasteiger partial charge in [-0.3, -0.25) is 0 Å². The third-order valence-electron chi connectivity index (χ3n) is 2.70. The first-order valence-electron chi connectivity index (χ1n) is 5.89. The van der Waals surface area contributed by atoms with Gasteiger partial charge in [-0.15, -0.1) is 6.58 Å². The van der Waals surface area contributed by atoms with E-state index in [-0.39, 0.29) is 5.82 Å².